The Morgan fingerprint density at radius 2 is 2.33 bits per heavy atom. The second-order valence-corrected chi connectivity index (χ2v) is 3.35. The third-order valence-electron chi connectivity index (χ3n) is 1.84. The van der Waals surface area contributed by atoms with E-state index >= 15 is 0 Å². The number of hydrogen-bond donors (Lipinski definition) is 2. The normalized spacial score (nSPS) is 10.2. The van der Waals surface area contributed by atoms with Crippen molar-refractivity contribution in [2.45, 2.75) is 6.54 Å². The molecule has 0 aliphatic carbocycles. The minimum atomic E-state index is 0.458. The highest BCUT2D eigenvalue weighted by Crippen LogP contribution is 2.24. The molecule has 6 heteroatoms. The standard InChI is InChI=1S/C9H9ClN4O/c10-7-3-6(11)1-2-8(7)12-4-9-13-5-15-14-9/h1-3,5,12H,4,11H2. The number of halogens is 1. The van der Waals surface area contributed by atoms with Gasteiger partial charge < -0.3 is 15.6 Å². The van der Waals surface area contributed by atoms with Crippen LogP contribution in [0.5, 0.6) is 0 Å². The van der Waals surface area contributed by atoms with Gasteiger partial charge in [0.1, 0.15) is 0 Å². The monoisotopic (exact) mass is 224 g/mol. The number of nitrogens with two attached hydrogens (primary N) is 1. The predicted octanol–water partition coefficient (Wildman–Crippen LogP) is 1.92. The van der Waals surface area contributed by atoms with Crippen molar-refractivity contribution in [1.29, 1.82) is 0 Å². The molecule has 1 aromatic carbocycles. The number of nitrogens with one attached hydrogen (secondary N) is 1. The fraction of sp³-hybridized carbons (Fsp3) is 0.111. The maximum Gasteiger partial charge on any atom is 0.213 e. The summed E-state index contributed by atoms with van der Waals surface area (Å²) in [5.41, 5.74) is 6.98. The van der Waals surface area contributed by atoms with Crippen LogP contribution in [-0.4, -0.2) is 10.1 Å². The molecule has 0 unspecified atom stereocenters. The smallest absolute Gasteiger partial charge is 0.213 e. The zero-order chi connectivity index (χ0) is 10.7. The van der Waals surface area contributed by atoms with Gasteiger partial charge in [-0.2, -0.15) is 4.98 Å². The molecular weight excluding hydrogens is 216 g/mol. The maximum atomic E-state index is 5.96. The Kier molecular flexibility index (Phi) is 2.73. The Balaban J connectivity index is 2.05. The highest BCUT2D eigenvalue weighted by molar-refractivity contribution is 6.33. The van der Waals surface area contributed by atoms with E-state index in [4.69, 9.17) is 17.3 Å². The molecule has 0 aliphatic heterocycles. The molecule has 2 rings (SSSR count). The molecule has 0 amide bonds. The summed E-state index contributed by atoms with van der Waals surface area (Å²) in [4.78, 5) is 3.87. The van der Waals surface area contributed by atoms with E-state index in [1.807, 2.05) is 0 Å². The molecule has 0 saturated heterocycles. The van der Waals surface area contributed by atoms with Crippen LogP contribution in [0.2, 0.25) is 5.02 Å². The number of nitrogen functional groups attached to an aromatic ring is 1. The van der Waals surface area contributed by atoms with E-state index in [0.29, 0.717) is 23.1 Å². The van der Waals surface area contributed by atoms with Gasteiger partial charge in [-0.15, -0.1) is 0 Å². The van der Waals surface area contributed by atoms with Crippen molar-refractivity contribution in [2.24, 2.45) is 0 Å². The number of aromatic nitrogens is 2. The lowest BCUT2D eigenvalue weighted by Crippen LogP contribution is -2.01. The topological polar surface area (TPSA) is 77.0 Å². The lowest BCUT2D eigenvalue weighted by molar-refractivity contribution is 0.411. The van der Waals surface area contributed by atoms with Gasteiger partial charge >= 0.3 is 0 Å². The SMILES string of the molecule is Nc1ccc(NCc2ncon2)c(Cl)c1. The van der Waals surface area contributed by atoms with E-state index in [-0.39, 0.29) is 0 Å². The molecule has 3 N–H and O–H groups in total. The van der Waals surface area contributed by atoms with Gasteiger partial charge in [-0.3, -0.25) is 0 Å². The largest absolute Gasteiger partial charge is 0.399 e. The summed E-state index contributed by atoms with van der Waals surface area (Å²) in [6, 6.07) is 5.25. The van der Waals surface area contributed by atoms with Crippen LogP contribution in [0, 0.1) is 0 Å². The molecule has 0 saturated carbocycles. The van der Waals surface area contributed by atoms with E-state index in [9.17, 15) is 0 Å². The number of hydrogen-bond acceptors (Lipinski definition) is 5. The molecule has 1 heterocycles. The number of benzene rings is 1. The van der Waals surface area contributed by atoms with Crippen molar-refractivity contribution < 1.29 is 4.52 Å². The molecule has 0 radical (unpaired) electrons. The van der Waals surface area contributed by atoms with E-state index in [2.05, 4.69) is 20.0 Å². The average Bonchev–Trinajstić information content (AvgIpc) is 2.69. The molecule has 0 atom stereocenters. The summed E-state index contributed by atoms with van der Waals surface area (Å²) in [5.74, 6) is 0.572. The maximum absolute atomic E-state index is 5.96. The summed E-state index contributed by atoms with van der Waals surface area (Å²) in [6.45, 7) is 0.458. The molecule has 0 aliphatic rings. The van der Waals surface area contributed by atoms with E-state index in [0.717, 1.165) is 5.69 Å². The van der Waals surface area contributed by atoms with Crippen molar-refractivity contribution in [1.82, 2.24) is 10.1 Å². The molecule has 78 valence electrons. The highest BCUT2D eigenvalue weighted by Gasteiger charge is 2.02. The molecular formula is C9H9ClN4O. The van der Waals surface area contributed by atoms with Crippen LogP contribution in [-0.2, 0) is 6.54 Å². The van der Waals surface area contributed by atoms with Gasteiger partial charge in [0, 0.05) is 5.69 Å². The lowest BCUT2D eigenvalue weighted by Gasteiger charge is -2.06. The van der Waals surface area contributed by atoms with Crippen molar-refractivity contribution in [3.63, 3.8) is 0 Å². The first-order valence-electron chi connectivity index (χ1n) is 4.30. The van der Waals surface area contributed by atoms with Gasteiger partial charge in [0.15, 0.2) is 5.82 Å². The van der Waals surface area contributed by atoms with E-state index in [1.54, 1.807) is 18.2 Å². The van der Waals surface area contributed by atoms with Crippen LogP contribution in [0.15, 0.2) is 29.1 Å². The fourth-order valence-electron chi connectivity index (χ4n) is 1.12. The lowest BCUT2D eigenvalue weighted by atomic mass is 10.3. The van der Waals surface area contributed by atoms with E-state index < -0.39 is 0 Å². The summed E-state index contributed by atoms with van der Waals surface area (Å²) in [7, 11) is 0. The van der Waals surface area contributed by atoms with Crippen molar-refractivity contribution in [2.75, 3.05) is 11.1 Å². The van der Waals surface area contributed by atoms with Crippen LogP contribution >= 0.6 is 11.6 Å². The minimum absolute atomic E-state index is 0.458. The third-order valence-corrected chi connectivity index (χ3v) is 2.15. The predicted molar refractivity (Wildman–Crippen MR) is 57.5 cm³/mol. The Morgan fingerprint density at radius 3 is 3.00 bits per heavy atom. The molecule has 15 heavy (non-hydrogen) atoms. The Bertz CT molecular complexity index is 443. The quantitative estimate of drug-likeness (QED) is 0.779. The number of rotatable bonds is 3. The third kappa shape index (κ3) is 2.38. The Hall–Kier alpha value is -1.75. The average molecular weight is 225 g/mol. The summed E-state index contributed by atoms with van der Waals surface area (Å²) >= 11 is 5.96. The Labute approximate surface area is 91.2 Å². The first-order valence-corrected chi connectivity index (χ1v) is 4.67. The zero-order valence-electron chi connectivity index (χ0n) is 7.77. The van der Waals surface area contributed by atoms with Gasteiger partial charge in [-0.1, -0.05) is 16.8 Å². The van der Waals surface area contributed by atoms with Crippen LogP contribution in [0.3, 0.4) is 0 Å². The summed E-state index contributed by atoms with van der Waals surface area (Å²) in [5, 5.41) is 7.30. The van der Waals surface area contributed by atoms with Gasteiger partial charge in [0.05, 0.1) is 17.3 Å². The van der Waals surface area contributed by atoms with Gasteiger partial charge in [-0.25, -0.2) is 0 Å². The molecule has 0 spiro atoms. The summed E-state index contributed by atoms with van der Waals surface area (Å²) in [6.07, 6.45) is 1.28. The Morgan fingerprint density at radius 1 is 1.47 bits per heavy atom. The molecule has 5 nitrogen and oxygen atoms in total. The number of anilines is 2. The first-order chi connectivity index (χ1) is 7.25. The van der Waals surface area contributed by atoms with Crippen LogP contribution in [0.1, 0.15) is 5.82 Å². The van der Waals surface area contributed by atoms with Gasteiger partial charge in [0.2, 0.25) is 6.39 Å². The molecule has 1 aromatic heterocycles. The fourth-order valence-corrected chi connectivity index (χ4v) is 1.38. The molecule has 0 bridgehead atoms. The first kappa shape index (κ1) is 9.79. The van der Waals surface area contributed by atoms with Crippen molar-refractivity contribution in [3.8, 4) is 0 Å². The van der Waals surface area contributed by atoms with Crippen LogP contribution in [0.25, 0.3) is 0 Å². The second kappa shape index (κ2) is 4.18. The van der Waals surface area contributed by atoms with Crippen molar-refractivity contribution in [3.05, 3.63) is 35.4 Å². The second-order valence-electron chi connectivity index (χ2n) is 2.94. The summed E-state index contributed by atoms with van der Waals surface area (Å²) < 4.78 is 4.60. The van der Waals surface area contributed by atoms with Crippen LogP contribution in [0.4, 0.5) is 11.4 Å². The van der Waals surface area contributed by atoms with E-state index in [1.165, 1.54) is 6.39 Å². The number of nitrogens with zero attached hydrogens (tertiary/aromatic N) is 2. The van der Waals surface area contributed by atoms with Crippen molar-refractivity contribution >= 4 is 23.0 Å². The van der Waals surface area contributed by atoms with Gasteiger partial charge in [0.25, 0.3) is 0 Å². The molecule has 0 fully saturated rings. The van der Waals surface area contributed by atoms with Crippen LogP contribution < -0.4 is 11.1 Å². The zero-order valence-corrected chi connectivity index (χ0v) is 8.53. The van der Waals surface area contributed by atoms with Gasteiger partial charge in [-0.05, 0) is 18.2 Å². The highest BCUT2D eigenvalue weighted by atomic mass is 35.5. The molecule has 2 aromatic rings. The minimum Gasteiger partial charge on any atom is -0.399 e.